The van der Waals surface area contributed by atoms with E-state index in [2.05, 4.69) is 26.6 Å². The van der Waals surface area contributed by atoms with Crippen LogP contribution in [-0.4, -0.2) is 37.0 Å². The largest absolute Gasteiger partial charge is 0.490 e. The molecule has 0 bridgehead atoms. The molecule has 194 valence electrons. The summed E-state index contributed by atoms with van der Waals surface area (Å²) < 4.78 is 25.5. The molecule has 3 aromatic carbocycles. The van der Waals surface area contributed by atoms with Gasteiger partial charge in [0.2, 0.25) is 0 Å². The van der Waals surface area contributed by atoms with Crippen molar-refractivity contribution in [1.29, 1.82) is 0 Å². The van der Waals surface area contributed by atoms with Crippen molar-refractivity contribution in [3.63, 3.8) is 0 Å². The molecule has 1 aliphatic rings. The van der Waals surface area contributed by atoms with Crippen molar-refractivity contribution in [2.24, 2.45) is 0 Å². The number of benzene rings is 3. The molecule has 5 amide bonds. The molecule has 0 saturated carbocycles. The second kappa shape index (κ2) is 11.7. The Morgan fingerprint density at radius 1 is 1.05 bits per heavy atom. The van der Waals surface area contributed by atoms with Crippen molar-refractivity contribution in [2.45, 2.75) is 6.92 Å². The highest BCUT2D eigenvalue weighted by Gasteiger charge is 2.36. The lowest BCUT2D eigenvalue weighted by molar-refractivity contribution is -0.122. The zero-order valence-corrected chi connectivity index (χ0v) is 21.6. The number of carbonyl (C=O) groups is 4. The number of nitrogens with one attached hydrogen (secondary N) is 2. The van der Waals surface area contributed by atoms with Crippen LogP contribution in [0, 0.1) is 5.82 Å². The summed E-state index contributed by atoms with van der Waals surface area (Å²) in [6, 6.07) is 16.2. The van der Waals surface area contributed by atoms with Crippen LogP contribution in [0.3, 0.4) is 0 Å². The second-order valence-electron chi connectivity index (χ2n) is 7.87. The summed E-state index contributed by atoms with van der Waals surface area (Å²) in [5.41, 5.74) is 0.456. The first-order valence-corrected chi connectivity index (χ1v) is 12.2. The Morgan fingerprint density at radius 2 is 1.76 bits per heavy atom. The van der Waals surface area contributed by atoms with Crippen LogP contribution in [0.4, 0.5) is 20.6 Å². The van der Waals surface area contributed by atoms with Gasteiger partial charge in [-0.15, -0.1) is 0 Å². The molecule has 38 heavy (non-hydrogen) atoms. The van der Waals surface area contributed by atoms with Crippen LogP contribution >= 0.6 is 15.9 Å². The predicted octanol–water partition coefficient (Wildman–Crippen LogP) is 4.67. The number of amides is 5. The van der Waals surface area contributed by atoms with Crippen molar-refractivity contribution in [3.8, 4) is 11.5 Å². The van der Waals surface area contributed by atoms with Crippen LogP contribution in [0.25, 0.3) is 6.08 Å². The minimum atomic E-state index is -0.850. The number of rotatable bonds is 8. The number of para-hydroxylation sites is 2. The summed E-state index contributed by atoms with van der Waals surface area (Å²) in [7, 11) is 0. The quantitative estimate of drug-likeness (QED) is 0.295. The Bertz CT molecular complexity index is 1440. The SMILES string of the molecule is CCOc1cc(/C=C2/C(=O)NC(=O)N(c3ccccc3)C2=O)cc(Br)c1OCC(=O)Nc1ccccc1F. The van der Waals surface area contributed by atoms with Gasteiger partial charge < -0.3 is 14.8 Å². The molecule has 1 fully saturated rings. The summed E-state index contributed by atoms with van der Waals surface area (Å²) >= 11 is 3.37. The standard InChI is InChI=1S/C27H21BrFN3O6/c1-2-37-22-14-16(12-18-25(34)31-27(36)32(26(18)35)17-8-4-3-5-9-17)13-19(28)24(22)38-15-23(33)30-21-11-7-6-10-20(21)29/h3-14H,2,15H2,1H3,(H,30,33)(H,31,34,36)/b18-12-. The average molecular weight is 582 g/mol. The lowest BCUT2D eigenvalue weighted by Crippen LogP contribution is -2.54. The number of urea groups is 1. The van der Waals surface area contributed by atoms with Crippen LogP contribution in [-0.2, 0) is 14.4 Å². The second-order valence-corrected chi connectivity index (χ2v) is 8.73. The number of halogens is 2. The molecule has 9 nitrogen and oxygen atoms in total. The van der Waals surface area contributed by atoms with Crippen molar-refractivity contribution < 1.29 is 33.0 Å². The molecule has 1 aliphatic heterocycles. The normalized spacial score (nSPS) is 14.3. The van der Waals surface area contributed by atoms with Crippen LogP contribution in [0.2, 0.25) is 0 Å². The minimum Gasteiger partial charge on any atom is -0.490 e. The maximum atomic E-state index is 13.8. The van der Waals surface area contributed by atoms with E-state index in [0.717, 1.165) is 4.90 Å². The first-order chi connectivity index (χ1) is 18.3. The Labute approximate surface area is 225 Å². The number of carbonyl (C=O) groups excluding carboxylic acids is 4. The van der Waals surface area contributed by atoms with E-state index in [9.17, 15) is 23.6 Å². The van der Waals surface area contributed by atoms with Gasteiger partial charge in [-0.3, -0.25) is 19.7 Å². The molecule has 0 aromatic heterocycles. The van der Waals surface area contributed by atoms with Gasteiger partial charge >= 0.3 is 6.03 Å². The van der Waals surface area contributed by atoms with Gasteiger partial charge in [-0.25, -0.2) is 14.1 Å². The van der Waals surface area contributed by atoms with Crippen molar-refractivity contribution >= 4 is 57.1 Å². The van der Waals surface area contributed by atoms with Gasteiger partial charge in [0.25, 0.3) is 17.7 Å². The topological polar surface area (TPSA) is 114 Å². The van der Waals surface area contributed by atoms with Gasteiger partial charge in [-0.1, -0.05) is 30.3 Å². The number of imide groups is 2. The lowest BCUT2D eigenvalue weighted by atomic mass is 10.1. The fraction of sp³-hybridized carbons (Fsp3) is 0.111. The van der Waals surface area contributed by atoms with E-state index in [1.807, 2.05) is 0 Å². The molecule has 0 atom stereocenters. The number of nitrogens with zero attached hydrogens (tertiary/aromatic N) is 1. The average Bonchev–Trinajstić information content (AvgIpc) is 2.88. The van der Waals surface area contributed by atoms with Crippen LogP contribution in [0.1, 0.15) is 12.5 Å². The lowest BCUT2D eigenvalue weighted by Gasteiger charge is -2.26. The zero-order chi connectivity index (χ0) is 27.2. The van der Waals surface area contributed by atoms with E-state index in [1.54, 1.807) is 49.4 Å². The van der Waals surface area contributed by atoms with Gasteiger partial charge in [-0.2, -0.15) is 0 Å². The molecular weight excluding hydrogens is 561 g/mol. The third-order valence-corrected chi connectivity index (χ3v) is 5.84. The molecule has 0 aliphatic carbocycles. The number of anilines is 2. The molecule has 0 unspecified atom stereocenters. The number of barbiturate groups is 1. The fourth-order valence-corrected chi connectivity index (χ4v) is 4.17. The molecule has 3 aromatic rings. The Hall–Kier alpha value is -4.51. The summed E-state index contributed by atoms with van der Waals surface area (Å²) in [5.74, 6) is -2.38. The van der Waals surface area contributed by atoms with Crippen molar-refractivity contribution in [1.82, 2.24) is 5.32 Å². The van der Waals surface area contributed by atoms with E-state index in [4.69, 9.17) is 9.47 Å². The minimum absolute atomic E-state index is 0.0191. The van der Waals surface area contributed by atoms with Crippen molar-refractivity contribution in [3.05, 3.63) is 88.2 Å². The van der Waals surface area contributed by atoms with E-state index in [1.165, 1.54) is 30.3 Å². The molecular formula is C27H21BrFN3O6. The number of ether oxygens (including phenoxy) is 2. The van der Waals surface area contributed by atoms with E-state index in [-0.39, 0.29) is 29.4 Å². The molecule has 2 N–H and O–H groups in total. The highest BCUT2D eigenvalue weighted by molar-refractivity contribution is 9.10. The summed E-state index contributed by atoms with van der Waals surface area (Å²) in [6.45, 7) is 1.55. The summed E-state index contributed by atoms with van der Waals surface area (Å²) in [4.78, 5) is 51.2. The third kappa shape index (κ3) is 5.89. The molecule has 4 rings (SSSR count). The Kier molecular flexibility index (Phi) is 8.17. The van der Waals surface area contributed by atoms with Crippen molar-refractivity contribution in [2.75, 3.05) is 23.4 Å². The zero-order valence-electron chi connectivity index (χ0n) is 20.0. The monoisotopic (exact) mass is 581 g/mol. The maximum absolute atomic E-state index is 13.8. The molecule has 0 spiro atoms. The highest BCUT2D eigenvalue weighted by Crippen LogP contribution is 2.38. The predicted molar refractivity (Wildman–Crippen MR) is 141 cm³/mol. The first-order valence-electron chi connectivity index (χ1n) is 11.4. The smallest absolute Gasteiger partial charge is 0.335 e. The van der Waals surface area contributed by atoms with Gasteiger partial charge in [0.1, 0.15) is 11.4 Å². The summed E-state index contributed by atoms with van der Waals surface area (Å²) in [6.07, 6.45) is 1.32. The number of hydrogen-bond donors (Lipinski definition) is 2. The van der Waals surface area contributed by atoms with Crippen LogP contribution in [0.15, 0.2) is 76.8 Å². The van der Waals surface area contributed by atoms with Crippen LogP contribution < -0.4 is 25.0 Å². The Balaban J connectivity index is 1.58. The van der Waals surface area contributed by atoms with E-state index >= 15 is 0 Å². The van der Waals surface area contributed by atoms with Crippen LogP contribution in [0.5, 0.6) is 11.5 Å². The molecule has 1 heterocycles. The molecule has 1 saturated heterocycles. The van der Waals surface area contributed by atoms with Gasteiger partial charge in [-0.05, 0) is 70.9 Å². The molecule has 0 radical (unpaired) electrons. The third-order valence-electron chi connectivity index (χ3n) is 5.25. The van der Waals surface area contributed by atoms with E-state index < -0.39 is 36.2 Å². The fourth-order valence-electron chi connectivity index (χ4n) is 3.60. The van der Waals surface area contributed by atoms with E-state index in [0.29, 0.717) is 15.7 Å². The highest BCUT2D eigenvalue weighted by atomic mass is 79.9. The van der Waals surface area contributed by atoms with Gasteiger partial charge in [0.15, 0.2) is 18.1 Å². The number of hydrogen-bond acceptors (Lipinski definition) is 6. The van der Waals surface area contributed by atoms with Gasteiger partial charge in [0.05, 0.1) is 22.5 Å². The first kappa shape index (κ1) is 26.6. The molecule has 11 heteroatoms. The van der Waals surface area contributed by atoms with Gasteiger partial charge in [0, 0.05) is 0 Å². The summed E-state index contributed by atoms with van der Waals surface area (Å²) in [5, 5.41) is 4.60. The maximum Gasteiger partial charge on any atom is 0.335 e. The Morgan fingerprint density at radius 3 is 2.47 bits per heavy atom.